The molecule has 1 aliphatic heterocycles. The predicted octanol–water partition coefficient (Wildman–Crippen LogP) is 1.51. The van der Waals surface area contributed by atoms with Gasteiger partial charge in [-0.1, -0.05) is 0 Å². The van der Waals surface area contributed by atoms with Crippen molar-refractivity contribution in [2.75, 3.05) is 39.0 Å². The molecule has 12 heteroatoms. The van der Waals surface area contributed by atoms with Crippen LogP contribution in [-0.4, -0.2) is 68.7 Å². The van der Waals surface area contributed by atoms with Crippen molar-refractivity contribution in [2.45, 2.75) is 33.2 Å². The summed E-state index contributed by atoms with van der Waals surface area (Å²) in [7, 11) is -1.45. The van der Waals surface area contributed by atoms with Gasteiger partial charge in [-0.25, -0.2) is 22.5 Å². The SMILES string of the molecule is CCOC(=O)c1sc(C(C)NC(=NC)NCCN2CCCS2(=O)=O)nc1C.I. The number of nitrogens with one attached hydrogen (secondary N) is 2. The van der Waals surface area contributed by atoms with Crippen LogP contribution in [0.4, 0.5) is 0 Å². The first kappa shape index (κ1) is 25.0. The van der Waals surface area contributed by atoms with E-state index in [1.54, 1.807) is 20.9 Å². The molecule has 0 radical (unpaired) electrons. The van der Waals surface area contributed by atoms with E-state index in [1.807, 2.05) is 6.92 Å². The number of carbonyl (C=O) groups excluding carboxylic acids is 1. The van der Waals surface area contributed by atoms with Gasteiger partial charge in [0, 0.05) is 26.7 Å². The number of esters is 1. The third kappa shape index (κ3) is 6.52. The Kier molecular flexibility index (Phi) is 10.1. The monoisotopic (exact) mass is 545 g/mol. The van der Waals surface area contributed by atoms with Crippen LogP contribution < -0.4 is 10.6 Å². The normalized spacial score (nSPS) is 17.6. The van der Waals surface area contributed by atoms with Crippen LogP contribution in [0.2, 0.25) is 0 Å². The molecule has 1 unspecified atom stereocenters. The zero-order chi connectivity index (χ0) is 20.0. The highest BCUT2D eigenvalue weighted by molar-refractivity contribution is 14.0. The molecule has 2 rings (SSSR count). The van der Waals surface area contributed by atoms with Crippen molar-refractivity contribution in [3.63, 3.8) is 0 Å². The molecule has 9 nitrogen and oxygen atoms in total. The number of halogens is 1. The Morgan fingerprint density at radius 1 is 1.46 bits per heavy atom. The zero-order valence-corrected chi connectivity index (χ0v) is 20.5. The molecular weight excluding hydrogens is 517 g/mol. The van der Waals surface area contributed by atoms with Crippen LogP contribution in [0.1, 0.15) is 46.7 Å². The highest BCUT2D eigenvalue weighted by atomic mass is 127. The predicted molar refractivity (Wildman–Crippen MR) is 121 cm³/mol. The van der Waals surface area contributed by atoms with E-state index in [4.69, 9.17) is 4.74 Å². The molecule has 2 N–H and O–H groups in total. The number of hydrogen-bond acceptors (Lipinski definition) is 7. The number of hydrogen-bond donors (Lipinski definition) is 2. The van der Waals surface area contributed by atoms with E-state index in [0.717, 1.165) is 5.01 Å². The summed E-state index contributed by atoms with van der Waals surface area (Å²) in [5, 5.41) is 7.08. The fourth-order valence-corrected chi connectivity index (χ4v) is 5.18. The second-order valence-corrected chi connectivity index (χ2v) is 9.24. The highest BCUT2D eigenvalue weighted by Gasteiger charge is 2.27. The molecule has 1 aliphatic rings. The van der Waals surface area contributed by atoms with Gasteiger partial charge in [0.2, 0.25) is 10.0 Å². The number of aromatic nitrogens is 1. The van der Waals surface area contributed by atoms with Crippen LogP contribution >= 0.6 is 35.3 Å². The Bertz CT molecular complexity index is 797. The largest absolute Gasteiger partial charge is 0.462 e. The standard InChI is InChI=1S/C16H27N5O4S2.HI/c1-5-25-15(22)13-11(2)19-14(26-13)12(3)20-16(17-4)18-7-9-21-8-6-10-27(21,23)24;/h12H,5-10H2,1-4H3,(H2,17,18,20);1H. The van der Waals surface area contributed by atoms with E-state index < -0.39 is 10.0 Å². The number of rotatable bonds is 7. The number of guanidine groups is 1. The molecule has 28 heavy (non-hydrogen) atoms. The van der Waals surface area contributed by atoms with Crippen molar-refractivity contribution in [3.05, 3.63) is 15.6 Å². The van der Waals surface area contributed by atoms with Gasteiger partial charge in [0.05, 0.1) is 24.1 Å². The van der Waals surface area contributed by atoms with Crippen LogP contribution in [0, 0.1) is 6.92 Å². The minimum Gasteiger partial charge on any atom is -0.462 e. The minimum atomic E-state index is -3.09. The maximum absolute atomic E-state index is 11.9. The quantitative estimate of drug-likeness (QED) is 0.231. The van der Waals surface area contributed by atoms with E-state index in [1.165, 1.54) is 15.6 Å². The lowest BCUT2D eigenvalue weighted by molar-refractivity contribution is 0.0531. The smallest absolute Gasteiger partial charge is 0.350 e. The third-order valence-electron chi connectivity index (χ3n) is 4.08. The van der Waals surface area contributed by atoms with Crippen LogP contribution in [0.3, 0.4) is 0 Å². The first-order valence-corrected chi connectivity index (χ1v) is 11.3. The van der Waals surface area contributed by atoms with Crippen molar-refractivity contribution in [2.24, 2.45) is 4.99 Å². The summed E-state index contributed by atoms with van der Waals surface area (Å²) in [5.74, 6) is 0.411. The number of thiazole rings is 1. The molecule has 1 fully saturated rings. The molecule has 2 heterocycles. The Hall–Kier alpha value is -0.990. The molecule has 0 bridgehead atoms. The maximum atomic E-state index is 11.9. The lowest BCUT2D eigenvalue weighted by Gasteiger charge is -2.18. The molecule has 0 amide bonds. The van der Waals surface area contributed by atoms with Gasteiger partial charge in [-0.15, -0.1) is 35.3 Å². The van der Waals surface area contributed by atoms with Crippen molar-refractivity contribution in [3.8, 4) is 0 Å². The van der Waals surface area contributed by atoms with Crippen molar-refractivity contribution < 1.29 is 17.9 Å². The van der Waals surface area contributed by atoms with Crippen molar-refractivity contribution >= 4 is 57.3 Å². The Balaban J connectivity index is 0.00000392. The second kappa shape index (κ2) is 11.3. The molecule has 1 atom stereocenters. The molecule has 0 spiro atoms. The summed E-state index contributed by atoms with van der Waals surface area (Å²) in [4.78, 5) is 21.0. The fraction of sp³-hybridized carbons (Fsp3) is 0.688. The van der Waals surface area contributed by atoms with E-state index in [-0.39, 0.29) is 41.7 Å². The van der Waals surface area contributed by atoms with Crippen LogP contribution in [0.5, 0.6) is 0 Å². The van der Waals surface area contributed by atoms with Crippen LogP contribution in [-0.2, 0) is 14.8 Å². The summed E-state index contributed by atoms with van der Waals surface area (Å²) in [5.41, 5.74) is 0.643. The van der Waals surface area contributed by atoms with Crippen molar-refractivity contribution in [1.29, 1.82) is 0 Å². The average Bonchev–Trinajstić information content (AvgIpc) is 3.16. The van der Waals surface area contributed by atoms with Crippen LogP contribution in [0.15, 0.2) is 4.99 Å². The summed E-state index contributed by atoms with van der Waals surface area (Å²) in [6.07, 6.45) is 0.679. The topological polar surface area (TPSA) is 113 Å². The number of nitrogens with zero attached hydrogens (tertiary/aromatic N) is 3. The fourth-order valence-electron chi connectivity index (χ4n) is 2.69. The molecule has 160 valence electrons. The van der Waals surface area contributed by atoms with Crippen molar-refractivity contribution in [1.82, 2.24) is 19.9 Å². The van der Waals surface area contributed by atoms with Gasteiger partial charge >= 0.3 is 5.97 Å². The maximum Gasteiger partial charge on any atom is 0.350 e. The Morgan fingerprint density at radius 3 is 2.75 bits per heavy atom. The lowest BCUT2D eigenvalue weighted by atomic mass is 10.3. The second-order valence-electron chi connectivity index (χ2n) is 6.12. The number of ether oxygens (including phenoxy) is 1. The number of carbonyl (C=O) groups is 1. The zero-order valence-electron chi connectivity index (χ0n) is 16.5. The third-order valence-corrected chi connectivity index (χ3v) is 7.35. The molecule has 1 aromatic heterocycles. The Labute approximate surface area is 187 Å². The first-order chi connectivity index (χ1) is 12.8. The molecule has 0 aliphatic carbocycles. The van der Waals surface area contributed by atoms with Gasteiger partial charge in [0.15, 0.2) is 5.96 Å². The lowest BCUT2D eigenvalue weighted by Crippen LogP contribution is -2.42. The molecular formula is C16H28IN5O4S2. The first-order valence-electron chi connectivity index (χ1n) is 8.88. The summed E-state index contributed by atoms with van der Waals surface area (Å²) >= 11 is 1.29. The summed E-state index contributed by atoms with van der Waals surface area (Å²) in [6.45, 7) is 7.22. The minimum absolute atomic E-state index is 0. The van der Waals surface area contributed by atoms with Gasteiger partial charge in [-0.2, -0.15) is 0 Å². The number of sulfonamides is 1. The number of aryl methyl sites for hydroxylation is 1. The van der Waals surface area contributed by atoms with E-state index in [0.29, 0.717) is 49.2 Å². The van der Waals surface area contributed by atoms with Gasteiger partial charge in [-0.3, -0.25) is 4.99 Å². The molecule has 0 aromatic carbocycles. The summed E-state index contributed by atoms with van der Waals surface area (Å²) in [6, 6.07) is -0.168. The van der Waals surface area contributed by atoms with E-state index >= 15 is 0 Å². The van der Waals surface area contributed by atoms with E-state index in [9.17, 15) is 13.2 Å². The number of aliphatic imine (C=N–C) groups is 1. The van der Waals surface area contributed by atoms with Gasteiger partial charge < -0.3 is 15.4 Å². The molecule has 1 aromatic rings. The van der Waals surface area contributed by atoms with Crippen LogP contribution in [0.25, 0.3) is 0 Å². The Morgan fingerprint density at radius 2 is 2.18 bits per heavy atom. The van der Waals surface area contributed by atoms with Gasteiger partial charge in [0.25, 0.3) is 0 Å². The highest BCUT2D eigenvalue weighted by Crippen LogP contribution is 2.24. The average molecular weight is 545 g/mol. The molecule has 0 saturated carbocycles. The van der Waals surface area contributed by atoms with Gasteiger partial charge in [0.1, 0.15) is 9.88 Å². The molecule has 1 saturated heterocycles. The summed E-state index contributed by atoms with van der Waals surface area (Å²) < 4.78 is 30.2. The van der Waals surface area contributed by atoms with Gasteiger partial charge in [-0.05, 0) is 27.2 Å². The van der Waals surface area contributed by atoms with E-state index in [2.05, 4.69) is 20.6 Å².